The van der Waals surface area contributed by atoms with Gasteiger partial charge < -0.3 is 15.8 Å². The first-order chi connectivity index (χ1) is 15.2. The molecule has 0 radical (unpaired) electrons. The highest BCUT2D eigenvalue weighted by atomic mass is 16.5. The molecule has 1 aliphatic rings. The first-order valence-electron chi connectivity index (χ1n) is 10.8. The van der Waals surface area contributed by atoms with E-state index >= 15 is 0 Å². The third-order valence-electron chi connectivity index (χ3n) is 5.64. The van der Waals surface area contributed by atoms with E-state index in [2.05, 4.69) is 38.2 Å². The van der Waals surface area contributed by atoms with E-state index in [9.17, 15) is 4.79 Å². The number of benzene rings is 2. The standard InChI is InChI=1S/C25H29N5O2/c1-6-32-19-10-8-7-9-18(19)21-20(22(26)31)15(2)27-24-28-23(29-30(21)24)16-11-13-17(14-12-16)25(3,4)5/h7-14,21H,6H2,1-5H3,(H2,26,31)(H,27,28,29). The Morgan fingerprint density at radius 1 is 1.16 bits per heavy atom. The van der Waals surface area contributed by atoms with Gasteiger partial charge in [0.05, 0.1) is 12.2 Å². The van der Waals surface area contributed by atoms with E-state index < -0.39 is 11.9 Å². The Kier molecular flexibility index (Phi) is 5.50. The number of hydrogen-bond acceptors (Lipinski definition) is 5. The quantitative estimate of drug-likeness (QED) is 0.624. The third-order valence-corrected chi connectivity index (χ3v) is 5.64. The topological polar surface area (TPSA) is 95.1 Å². The zero-order chi connectivity index (χ0) is 23.0. The molecule has 0 fully saturated rings. The molecule has 0 bridgehead atoms. The van der Waals surface area contributed by atoms with Crippen LogP contribution in [-0.2, 0) is 10.2 Å². The van der Waals surface area contributed by atoms with Crippen molar-refractivity contribution in [2.24, 2.45) is 5.73 Å². The van der Waals surface area contributed by atoms with Gasteiger partial charge in [0, 0.05) is 16.8 Å². The van der Waals surface area contributed by atoms with Crippen molar-refractivity contribution in [3.63, 3.8) is 0 Å². The highest BCUT2D eigenvalue weighted by Crippen LogP contribution is 2.39. The summed E-state index contributed by atoms with van der Waals surface area (Å²) in [4.78, 5) is 17.2. The molecule has 3 N–H and O–H groups in total. The molecule has 3 aromatic rings. The molecule has 166 valence electrons. The van der Waals surface area contributed by atoms with Crippen LogP contribution in [0.15, 0.2) is 59.8 Å². The number of fused-ring (bicyclic) bond motifs is 1. The van der Waals surface area contributed by atoms with Crippen molar-refractivity contribution < 1.29 is 9.53 Å². The Morgan fingerprint density at radius 2 is 1.84 bits per heavy atom. The van der Waals surface area contributed by atoms with Crippen molar-refractivity contribution >= 4 is 11.9 Å². The molecule has 2 aromatic carbocycles. The Balaban J connectivity index is 1.84. The van der Waals surface area contributed by atoms with Gasteiger partial charge >= 0.3 is 0 Å². The lowest BCUT2D eigenvalue weighted by Crippen LogP contribution is -2.32. The summed E-state index contributed by atoms with van der Waals surface area (Å²) in [6.07, 6.45) is 0. The Bertz CT molecular complexity index is 1190. The minimum absolute atomic E-state index is 0.0620. The van der Waals surface area contributed by atoms with Crippen molar-refractivity contribution in [1.29, 1.82) is 0 Å². The minimum atomic E-state index is -0.540. The summed E-state index contributed by atoms with van der Waals surface area (Å²) in [7, 11) is 0. The number of amides is 1. The van der Waals surface area contributed by atoms with Gasteiger partial charge in [-0.1, -0.05) is 63.2 Å². The van der Waals surface area contributed by atoms with E-state index in [0.29, 0.717) is 35.4 Å². The number of rotatable bonds is 5. The molecule has 2 heterocycles. The van der Waals surface area contributed by atoms with Crippen LogP contribution < -0.4 is 15.8 Å². The molecule has 1 unspecified atom stereocenters. The van der Waals surface area contributed by atoms with Gasteiger partial charge in [0.15, 0.2) is 5.82 Å². The summed E-state index contributed by atoms with van der Waals surface area (Å²) in [5.74, 6) is 1.30. The second-order valence-corrected chi connectivity index (χ2v) is 8.93. The Labute approximate surface area is 188 Å². The molecule has 7 heteroatoms. The number of ether oxygens (including phenoxy) is 1. The van der Waals surface area contributed by atoms with Crippen molar-refractivity contribution in [1.82, 2.24) is 14.8 Å². The fraction of sp³-hybridized carbons (Fsp3) is 0.320. The maximum absolute atomic E-state index is 12.5. The van der Waals surface area contributed by atoms with Gasteiger partial charge in [-0.15, -0.1) is 5.10 Å². The molecule has 0 spiro atoms. The van der Waals surface area contributed by atoms with E-state index in [4.69, 9.17) is 20.6 Å². The monoisotopic (exact) mass is 431 g/mol. The van der Waals surface area contributed by atoms with Gasteiger partial charge in [-0.25, -0.2) is 4.68 Å². The largest absolute Gasteiger partial charge is 0.494 e. The summed E-state index contributed by atoms with van der Waals surface area (Å²) in [6.45, 7) is 10.8. The Hall–Kier alpha value is -3.61. The predicted molar refractivity (Wildman–Crippen MR) is 125 cm³/mol. The van der Waals surface area contributed by atoms with Gasteiger partial charge in [0.25, 0.3) is 0 Å². The van der Waals surface area contributed by atoms with Crippen LogP contribution in [0, 0.1) is 0 Å². The lowest BCUT2D eigenvalue weighted by Gasteiger charge is -2.28. The van der Waals surface area contributed by atoms with Crippen LogP contribution >= 0.6 is 0 Å². The number of nitrogens with one attached hydrogen (secondary N) is 1. The fourth-order valence-electron chi connectivity index (χ4n) is 3.99. The first kappa shape index (κ1) is 21.6. The normalized spacial score (nSPS) is 15.8. The zero-order valence-corrected chi connectivity index (χ0v) is 19.1. The van der Waals surface area contributed by atoms with Crippen LogP contribution in [0.5, 0.6) is 5.75 Å². The molecule has 0 saturated heterocycles. The highest BCUT2D eigenvalue weighted by Gasteiger charge is 2.35. The molecule has 0 aliphatic carbocycles. The highest BCUT2D eigenvalue weighted by molar-refractivity contribution is 5.95. The van der Waals surface area contributed by atoms with Crippen molar-refractivity contribution in [2.45, 2.75) is 46.1 Å². The summed E-state index contributed by atoms with van der Waals surface area (Å²) in [5.41, 5.74) is 9.90. The van der Waals surface area contributed by atoms with Gasteiger partial charge in [0.1, 0.15) is 11.8 Å². The van der Waals surface area contributed by atoms with Crippen LogP contribution in [0.25, 0.3) is 11.4 Å². The molecule has 1 amide bonds. The van der Waals surface area contributed by atoms with Gasteiger partial charge in [-0.3, -0.25) is 4.79 Å². The lowest BCUT2D eigenvalue weighted by molar-refractivity contribution is -0.115. The summed E-state index contributed by atoms with van der Waals surface area (Å²) < 4.78 is 7.57. The molecule has 7 nitrogen and oxygen atoms in total. The van der Waals surface area contributed by atoms with Crippen molar-refractivity contribution in [2.75, 3.05) is 11.9 Å². The van der Waals surface area contributed by atoms with Gasteiger partial charge in [-0.05, 0) is 30.9 Å². The summed E-state index contributed by atoms with van der Waals surface area (Å²) >= 11 is 0. The lowest BCUT2D eigenvalue weighted by atomic mass is 9.87. The maximum atomic E-state index is 12.5. The van der Waals surface area contributed by atoms with Gasteiger partial charge in [-0.2, -0.15) is 4.98 Å². The number of carbonyl (C=O) groups is 1. The molecule has 0 saturated carbocycles. The van der Waals surface area contributed by atoms with Crippen LogP contribution in [-0.4, -0.2) is 27.3 Å². The van der Waals surface area contributed by atoms with Crippen LogP contribution in [0.3, 0.4) is 0 Å². The van der Waals surface area contributed by atoms with Crippen molar-refractivity contribution in [3.05, 3.63) is 70.9 Å². The molecule has 1 aromatic heterocycles. The van der Waals surface area contributed by atoms with E-state index in [1.54, 1.807) is 4.68 Å². The molecule has 4 rings (SSSR count). The smallest absolute Gasteiger partial charge is 0.248 e. The minimum Gasteiger partial charge on any atom is -0.494 e. The Morgan fingerprint density at radius 3 is 2.47 bits per heavy atom. The third kappa shape index (κ3) is 3.86. The second-order valence-electron chi connectivity index (χ2n) is 8.93. The molecule has 32 heavy (non-hydrogen) atoms. The average Bonchev–Trinajstić information content (AvgIpc) is 3.16. The summed E-state index contributed by atoms with van der Waals surface area (Å²) in [6, 6.07) is 15.4. The molecular weight excluding hydrogens is 402 g/mol. The first-order valence-corrected chi connectivity index (χ1v) is 10.8. The van der Waals surface area contributed by atoms with Crippen molar-refractivity contribution in [3.8, 4) is 17.1 Å². The number of hydrogen-bond donors (Lipinski definition) is 2. The number of nitrogens with zero attached hydrogens (tertiary/aromatic N) is 3. The van der Waals surface area contributed by atoms with Gasteiger partial charge in [0.2, 0.25) is 11.9 Å². The molecule has 1 atom stereocenters. The number of nitrogens with two attached hydrogens (primary N) is 1. The summed E-state index contributed by atoms with van der Waals surface area (Å²) in [5, 5.41) is 7.98. The van der Waals surface area contributed by atoms with E-state index in [-0.39, 0.29) is 5.41 Å². The van der Waals surface area contributed by atoms with E-state index in [1.165, 1.54) is 5.56 Å². The number of allylic oxidation sites excluding steroid dienone is 1. The van der Waals surface area contributed by atoms with E-state index in [1.807, 2.05) is 50.2 Å². The SMILES string of the molecule is CCOc1ccccc1C1C(C(N)=O)=C(C)Nc2nc(-c3ccc(C(C)(C)C)cc3)nn21. The number of anilines is 1. The average molecular weight is 432 g/mol. The number of carbonyl (C=O) groups excluding carboxylic acids is 1. The van der Waals surface area contributed by atoms with Crippen LogP contribution in [0.2, 0.25) is 0 Å². The number of para-hydroxylation sites is 1. The number of aromatic nitrogens is 3. The maximum Gasteiger partial charge on any atom is 0.248 e. The van der Waals surface area contributed by atoms with Crippen LogP contribution in [0.4, 0.5) is 5.95 Å². The van der Waals surface area contributed by atoms with E-state index in [0.717, 1.165) is 11.1 Å². The van der Waals surface area contributed by atoms with Crippen LogP contribution in [0.1, 0.15) is 51.8 Å². The second kappa shape index (κ2) is 8.15. The number of primary amides is 1. The molecule has 1 aliphatic heterocycles. The fourth-order valence-corrected chi connectivity index (χ4v) is 3.99. The zero-order valence-electron chi connectivity index (χ0n) is 19.1. The molecular formula is C25H29N5O2. The predicted octanol–water partition coefficient (Wildman–Crippen LogP) is 4.42.